The lowest BCUT2D eigenvalue weighted by Crippen LogP contribution is -2.47. The van der Waals surface area contributed by atoms with E-state index in [-0.39, 0.29) is 12.3 Å². The highest BCUT2D eigenvalue weighted by atomic mass is 16.5. The first kappa shape index (κ1) is 15.3. The Hall–Kier alpha value is -1.76. The van der Waals surface area contributed by atoms with Gasteiger partial charge in [0.05, 0.1) is 14.2 Å². The third kappa shape index (κ3) is 2.98. The molecule has 0 saturated heterocycles. The molecule has 0 N–H and O–H groups in total. The minimum absolute atomic E-state index is 0.123. The smallest absolute Gasteiger partial charge is 0.324 e. The maximum atomic E-state index is 12.2. The third-order valence-corrected chi connectivity index (χ3v) is 3.53. The molecule has 0 aromatic heterocycles. The average molecular weight is 264 g/mol. The van der Waals surface area contributed by atoms with Crippen LogP contribution in [0.1, 0.15) is 32.6 Å². The van der Waals surface area contributed by atoms with E-state index in [1.807, 2.05) is 12.2 Å². The highest BCUT2D eigenvalue weighted by molar-refractivity contribution is 6.01. The topological polar surface area (TPSA) is 52.6 Å². The van der Waals surface area contributed by atoms with Crippen LogP contribution in [0.3, 0.4) is 0 Å². The molecule has 0 fully saturated rings. The Morgan fingerprint density at radius 3 is 2.37 bits per heavy atom. The normalized spacial score (nSPS) is 18.2. The van der Waals surface area contributed by atoms with Crippen LogP contribution < -0.4 is 0 Å². The number of hydrogen-bond donors (Lipinski definition) is 0. The van der Waals surface area contributed by atoms with E-state index >= 15 is 0 Å². The van der Waals surface area contributed by atoms with Crippen molar-refractivity contribution >= 4 is 11.9 Å². The van der Waals surface area contributed by atoms with Gasteiger partial charge < -0.3 is 9.47 Å². The molecule has 0 aliphatic heterocycles. The molecule has 19 heavy (non-hydrogen) atoms. The Bertz CT molecular complexity index is 409. The Morgan fingerprint density at radius 2 is 1.95 bits per heavy atom. The molecule has 1 unspecified atom stereocenters. The summed E-state index contributed by atoms with van der Waals surface area (Å²) in [5, 5.41) is 0. The fraction of sp³-hybridized carbons (Fsp3) is 0.600. The summed E-state index contributed by atoms with van der Waals surface area (Å²) in [5.74, 6) is 4.20. The van der Waals surface area contributed by atoms with Crippen molar-refractivity contribution in [2.45, 2.75) is 32.6 Å². The molecule has 0 bridgehead atoms. The van der Waals surface area contributed by atoms with Crippen molar-refractivity contribution in [1.82, 2.24) is 0 Å². The van der Waals surface area contributed by atoms with E-state index in [4.69, 9.17) is 9.47 Å². The van der Waals surface area contributed by atoms with Gasteiger partial charge in [0, 0.05) is 12.3 Å². The Morgan fingerprint density at radius 1 is 1.32 bits per heavy atom. The largest absolute Gasteiger partial charge is 0.468 e. The first-order valence-corrected chi connectivity index (χ1v) is 6.36. The average Bonchev–Trinajstić information content (AvgIpc) is 2.48. The number of rotatable bonds is 4. The minimum atomic E-state index is -1.34. The minimum Gasteiger partial charge on any atom is -0.468 e. The standard InChI is InChI=1S/C15H20O4/c1-4-5-11-15(13(16)18-2,14(17)19-3)12-9-7-6-8-10-12/h7,9,12H,6,8,10-11H2,1-3H3. The lowest BCUT2D eigenvalue weighted by Gasteiger charge is -2.34. The van der Waals surface area contributed by atoms with Gasteiger partial charge in [-0.15, -0.1) is 11.8 Å². The van der Waals surface area contributed by atoms with Gasteiger partial charge in [0.25, 0.3) is 0 Å². The summed E-state index contributed by atoms with van der Waals surface area (Å²) in [7, 11) is 2.57. The maximum absolute atomic E-state index is 12.2. The van der Waals surface area contributed by atoms with Gasteiger partial charge in [-0.3, -0.25) is 9.59 Å². The van der Waals surface area contributed by atoms with Crippen molar-refractivity contribution in [3.8, 4) is 11.8 Å². The van der Waals surface area contributed by atoms with Crippen LogP contribution in [0.2, 0.25) is 0 Å². The number of carbonyl (C=O) groups is 2. The second-order valence-electron chi connectivity index (χ2n) is 4.52. The zero-order valence-corrected chi connectivity index (χ0v) is 11.7. The Kier molecular flexibility index (Phi) is 5.62. The lowest BCUT2D eigenvalue weighted by molar-refractivity contribution is -0.172. The van der Waals surface area contributed by atoms with E-state index < -0.39 is 17.4 Å². The predicted molar refractivity (Wildman–Crippen MR) is 71.0 cm³/mol. The number of ether oxygens (including phenoxy) is 2. The van der Waals surface area contributed by atoms with Crippen LogP contribution >= 0.6 is 0 Å². The van der Waals surface area contributed by atoms with Gasteiger partial charge >= 0.3 is 11.9 Å². The molecule has 1 rings (SSSR count). The lowest BCUT2D eigenvalue weighted by atomic mass is 9.69. The molecule has 0 spiro atoms. The first-order valence-electron chi connectivity index (χ1n) is 6.36. The zero-order chi connectivity index (χ0) is 14.3. The summed E-state index contributed by atoms with van der Waals surface area (Å²) >= 11 is 0. The van der Waals surface area contributed by atoms with Crippen molar-refractivity contribution < 1.29 is 19.1 Å². The van der Waals surface area contributed by atoms with E-state index in [2.05, 4.69) is 11.8 Å². The van der Waals surface area contributed by atoms with Crippen molar-refractivity contribution in [2.75, 3.05) is 14.2 Å². The molecule has 0 saturated carbocycles. The summed E-state index contributed by atoms with van der Waals surface area (Å²) in [4.78, 5) is 24.4. The fourth-order valence-corrected chi connectivity index (χ4v) is 2.48. The number of esters is 2. The van der Waals surface area contributed by atoms with Crippen LogP contribution in [0.5, 0.6) is 0 Å². The molecule has 0 aromatic carbocycles. The van der Waals surface area contributed by atoms with Crippen LogP contribution in [0.25, 0.3) is 0 Å². The molecule has 0 heterocycles. The zero-order valence-electron chi connectivity index (χ0n) is 11.7. The quantitative estimate of drug-likeness (QED) is 0.338. The Labute approximate surface area is 114 Å². The number of carbonyl (C=O) groups excluding carboxylic acids is 2. The molecular formula is C15H20O4. The fourth-order valence-electron chi connectivity index (χ4n) is 2.48. The van der Waals surface area contributed by atoms with Crippen LogP contribution in [0.4, 0.5) is 0 Å². The molecular weight excluding hydrogens is 244 g/mol. The first-order chi connectivity index (χ1) is 9.13. The third-order valence-electron chi connectivity index (χ3n) is 3.53. The molecule has 0 amide bonds. The Balaban J connectivity index is 3.26. The van der Waals surface area contributed by atoms with Gasteiger partial charge in [0.2, 0.25) is 0 Å². The van der Waals surface area contributed by atoms with Crippen molar-refractivity contribution in [1.29, 1.82) is 0 Å². The molecule has 0 radical (unpaired) electrons. The summed E-state index contributed by atoms with van der Waals surface area (Å²) in [6.45, 7) is 1.68. The summed E-state index contributed by atoms with van der Waals surface area (Å²) < 4.78 is 9.70. The summed E-state index contributed by atoms with van der Waals surface area (Å²) in [6, 6.07) is 0. The maximum Gasteiger partial charge on any atom is 0.324 e. The number of allylic oxidation sites excluding steroid dienone is 2. The molecule has 4 heteroatoms. The highest BCUT2D eigenvalue weighted by Gasteiger charge is 2.53. The summed E-state index contributed by atoms with van der Waals surface area (Å²) in [5.41, 5.74) is -1.34. The van der Waals surface area contributed by atoms with Crippen LogP contribution in [0.15, 0.2) is 12.2 Å². The second-order valence-corrected chi connectivity index (χ2v) is 4.52. The highest BCUT2D eigenvalue weighted by Crippen LogP contribution is 2.40. The number of methoxy groups -OCH3 is 2. The van der Waals surface area contributed by atoms with Crippen molar-refractivity contribution in [2.24, 2.45) is 11.3 Å². The van der Waals surface area contributed by atoms with Gasteiger partial charge in [0.1, 0.15) is 0 Å². The van der Waals surface area contributed by atoms with E-state index in [1.54, 1.807) is 6.92 Å². The number of hydrogen-bond acceptors (Lipinski definition) is 4. The van der Waals surface area contributed by atoms with Crippen LogP contribution in [-0.4, -0.2) is 26.2 Å². The molecule has 4 nitrogen and oxygen atoms in total. The van der Waals surface area contributed by atoms with Gasteiger partial charge in [-0.25, -0.2) is 0 Å². The van der Waals surface area contributed by atoms with Gasteiger partial charge in [-0.1, -0.05) is 12.2 Å². The molecule has 1 aliphatic rings. The molecule has 1 aliphatic carbocycles. The van der Waals surface area contributed by atoms with Crippen molar-refractivity contribution in [3.63, 3.8) is 0 Å². The summed E-state index contributed by atoms with van der Waals surface area (Å²) in [6.07, 6.45) is 6.69. The van der Waals surface area contributed by atoms with Crippen LogP contribution in [-0.2, 0) is 19.1 Å². The monoisotopic (exact) mass is 264 g/mol. The van der Waals surface area contributed by atoms with Crippen molar-refractivity contribution in [3.05, 3.63) is 12.2 Å². The molecule has 1 atom stereocenters. The predicted octanol–water partition coefficient (Wildman–Crippen LogP) is 2.09. The molecule has 0 aromatic rings. The van der Waals surface area contributed by atoms with E-state index in [9.17, 15) is 9.59 Å². The van der Waals surface area contributed by atoms with Gasteiger partial charge in [-0.05, 0) is 26.2 Å². The van der Waals surface area contributed by atoms with Crippen LogP contribution in [0, 0.1) is 23.2 Å². The van der Waals surface area contributed by atoms with E-state index in [0.717, 1.165) is 19.3 Å². The van der Waals surface area contributed by atoms with E-state index in [0.29, 0.717) is 0 Å². The van der Waals surface area contributed by atoms with Gasteiger partial charge in [0.15, 0.2) is 5.41 Å². The second kappa shape index (κ2) is 6.98. The van der Waals surface area contributed by atoms with Gasteiger partial charge in [-0.2, -0.15) is 0 Å². The SMILES string of the molecule is CC#CCC(C(=O)OC)(C(=O)OC)C1C=CCCC1. The molecule has 104 valence electrons. The van der Waals surface area contributed by atoms with E-state index in [1.165, 1.54) is 14.2 Å².